The zero-order valence-electron chi connectivity index (χ0n) is 7.25. The fraction of sp³-hybridized carbons (Fsp3) is 0.125. The first-order chi connectivity index (χ1) is 6.84. The Labute approximate surface area is 89.6 Å². The van der Waals surface area contributed by atoms with Crippen LogP contribution in [-0.4, -0.2) is 15.2 Å². The van der Waals surface area contributed by atoms with Gasteiger partial charge in [0.15, 0.2) is 4.34 Å². The molecule has 0 saturated heterocycles. The number of nitrogens with two attached hydrogens (primary N) is 1. The average Bonchev–Trinajstić information content (AvgIpc) is 2.70. The lowest BCUT2D eigenvalue weighted by Crippen LogP contribution is -1.90. The molecule has 72 valence electrons. The van der Waals surface area contributed by atoms with Gasteiger partial charge in [-0.1, -0.05) is 29.2 Å². The third-order valence-corrected chi connectivity index (χ3v) is 3.48. The van der Waals surface area contributed by atoms with Crippen molar-refractivity contribution in [2.24, 2.45) is 0 Å². The van der Waals surface area contributed by atoms with Crippen LogP contribution in [0.3, 0.4) is 0 Å². The Bertz CT molecular complexity index is 384. The molecule has 0 bridgehead atoms. The van der Waals surface area contributed by atoms with Gasteiger partial charge in [-0.05, 0) is 11.6 Å². The van der Waals surface area contributed by atoms with Gasteiger partial charge in [-0.3, -0.25) is 0 Å². The summed E-state index contributed by atoms with van der Waals surface area (Å²) in [6, 6.07) is 3.77. The molecule has 0 spiro atoms. The molecule has 2 N–H and O–H groups in total. The smallest absolute Gasteiger partial charge is 0.174 e. The van der Waals surface area contributed by atoms with Crippen LogP contribution in [0.5, 0.6) is 0 Å². The highest BCUT2D eigenvalue weighted by atomic mass is 32.2. The zero-order valence-corrected chi connectivity index (χ0v) is 8.88. The first kappa shape index (κ1) is 9.42. The van der Waals surface area contributed by atoms with Crippen molar-refractivity contribution in [1.82, 2.24) is 15.2 Å². The molecule has 0 atom stereocenters. The van der Waals surface area contributed by atoms with Gasteiger partial charge < -0.3 is 5.73 Å². The molecule has 2 rings (SSSR count). The lowest BCUT2D eigenvalue weighted by atomic mass is 10.3. The largest absolute Gasteiger partial charge is 0.384 e. The lowest BCUT2D eigenvalue weighted by molar-refractivity contribution is 1.01. The van der Waals surface area contributed by atoms with E-state index < -0.39 is 0 Å². The van der Waals surface area contributed by atoms with Crippen LogP contribution in [0.1, 0.15) is 5.56 Å². The van der Waals surface area contributed by atoms with Gasteiger partial charge in [0.2, 0.25) is 0 Å². The van der Waals surface area contributed by atoms with Crippen molar-refractivity contribution in [2.45, 2.75) is 10.1 Å². The van der Waals surface area contributed by atoms with Crippen LogP contribution in [0, 0.1) is 0 Å². The van der Waals surface area contributed by atoms with E-state index in [0.29, 0.717) is 5.82 Å². The Morgan fingerprint density at radius 2 is 2.36 bits per heavy atom. The van der Waals surface area contributed by atoms with Crippen molar-refractivity contribution in [1.29, 1.82) is 0 Å². The molecule has 0 aliphatic carbocycles. The van der Waals surface area contributed by atoms with Crippen LogP contribution in [-0.2, 0) is 5.75 Å². The van der Waals surface area contributed by atoms with E-state index in [-0.39, 0.29) is 0 Å². The molecule has 0 aliphatic rings. The second-order valence-electron chi connectivity index (χ2n) is 2.58. The van der Waals surface area contributed by atoms with Crippen LogP contribution in [0.4, 0.5) is 5.82 Å². The topological polar surface area (TPSA) is 64.7 Å². The van der Waals surface area contributed by atoms with E-state index in [2.05, 4.69) is 15.2 Å². The molecule has 2 aromatic heterocycles. The molecule has 0 saturated carbocycles. The number of thioether (sulfide) groups is 1. The average molecular weight is 224 g/mol. The summed E-state index contributed by atoms with van der Waals surface area (Å²) >= 11 is 3.19. The monoisotopic (exact) mass is 224 g/mol. The van der Waals surface area contributed by atoms with Crippen molar-refractivity contribution in [3.8, 4) is 0 Å². The predicted molar refractivity (Wildman–Crippen MR) is 58.1 cm³/mol. The van der Waals surface area contributed by atoms with E-state index in [9.17, 15) is 0 Å². The molecule has 0 fully saturated rings. The van der Waals surface area contributed by atoms with Crippen molar-refractivity contribution in [3.05, 3.63) is 29.4 Å². The molecule has 0 aliphatic heterocycles. The Kier molecular flexibility index (Phi) is 2.95. The maximum atomic E-state index is 5.48. The molecular formula is C8H8N4S2. The molecule has 4 nitrogen and oxygen atoms in total. The minimum atomic E-state index is 0.551. The van der Waals surface area contributed by atoms with Gasteiger partial charge >= 0.3 is 0 Å². The minimum Gasteiger partial charge on any atom is -0.384 e. The van der Waals surface area contributed by atoms with Crippen LogP contribution >= 0.6 is 23.1 Å². The highest BCUT2D eigenvalue weighted by Crippen LogP contribution is 2.23. The molecule has 0 aromatic carbocycles. The number of nitrogens with zero attached hydrogens (tertiary/aromatic N) is 3. The fourth-order valence-electron chi connectivity index (χ4n) is 0.892. The molecule has 14 heavy (non-hydrogen) atoms. The Morgan fingerprint density at radius 3 is 3.00 bits per heavy atom. The van der Waals surface area contributed by atoms with Gasteiger partial charge in [-0.2, -0.15) is 0 Å². The van der Waals surface area contributed by atoms with Gasteiger partial charge in [0, 0.05) is 11.9 Å². The number of aromatic nitrogens is 3. The van der Waals surface area contributed by atoms with Crippen LogP contribution in [0.2, 0.25) is 0 Å². The highest BCUT2D eigenvalue weighted by molar-refractivity contribution is 8.00. The van der Waals surface area contributed by atoms with Crippen molar-refractivity contribution in [2.75, 3.05) is 5.73 Å². The second kappa shape index (κ2) is 4.39. The van der Waals surface area contributed by atoms with E-state index in [4.69, 9.17) is 5.73 Å². The lowest BCUT2D eigenvalue weighted by Gasteiger charge is -1.97. The molecule has 6 heteroatoms. The number of hydrogen-bond acceptors (Lipinski definition) is 6. The van der Waals surface area contributed by atoms with E-state index in [1.807, 2.05) is 6.07 Å². The van der Waals surface area contributed by atoms with Gasteiger partial charge in [0.25, 0.3) is 0 Å². The summed E-state index contributed by atoms with van der Waals surface area (Å²) < 4.78 is 0.974. The van der Waals surface area contributed by atoms with Gasteiger partial charge in [0.05, 0.1) is 0 Å². The molecular weight excluding hydrogens is 216 g/mol. The van der Waals surface area contributed by atoms with Gasteiger partial charge in [-0.25, -0.2) is 4.98 Å². The summed E-state index contributed by atoms with van der Waals surface area (Å²) in [7, 11) is 0. The highest BCUT2D eigenvalue weighted by Gasteiger charge is 1.99. The standard InChI is InChI=1S/C8H8N4S2/c9-7-2-1-6(3-10-7)4-13-8-12-11-5-14-8/h1-3,5H,4H2,(H2,9,10). The molecule has 0 amide bonds. The molecule has 0 radical (unpaired) electrons. The molecule has 2 heterocycles. The van der Waals surface area contributed by atoms with Crippen LogP contribution in [0.25, 0.3) is 0 Å². The quantitative estimate of drug-likeness (QED) is 0.805. The van der Waals surface area contributed by atoms with Crippen LogP contribution in [0.15, 0.2) is 28.2 Å². The third-order valence-electron chi connectivity index (χ3n) is 1.55. The van der Waals surface area contributed by atoms with E-state index >= 15 is 0 Å². The first-order valence-corrected chi connectivity index (χ1v) is 5.80. The van der Waals surface area contributed by atoms with Crippen molar-refractivity contribution >= 4 is 28.9 Å². The Balaban J connectivity index is 1.95. The summed E-state index contributed by atoms with van der Waals surface area (Å²) in [5, 5.41) is 7.70. The number of rotatable bonds is 3. The fourth-order valence-corrected chi connectivity index (χ4v) is 2.31. The normalized spacial score (nSPS) is 10.3. The second-order valence-corrected chi connectivity index (χ2v) is 4.64. The maximum absolute atomic E-state index is 5.48. The SMILES string of the molecule is Nc1ccc(CSc2nncs2)cn1. The summed E-state index contributed by atoms with van der Waals surface area (Å²) in [5.74, 6) is 1.40. The molecule has 0 unspecified atom stereocenters. The van der Waals surface area contributed by atoms with E-state index in [0.717, 1.165) is 15.7 Å². The number of hydrogen-bond donors (Lipinski definition) is 1. The number of nitrogen functional groups attached to an aromatic ring is 1. The van der Waals surface area contributed by atoms with Gasteiger partial charge in [0.1, 0.15) is 11.3 Å². The Hall–Kier alpha value is -1.14. The summed E-state index contributed by atoms with van der Waals surface area (Å²) in [4.78, 5) is 4.01. The molecule has 2 aromatic rings. The zero-order chi connectivity index (χ0) is 9.80. The minimum absolute atomic E-state index is 0.551. The summed E-state index contributed by atoms with van der Waals surface area (Å²) in [5.41, 5.74) is 8.34. The van der Waals surface area contributed by atoms with Crippen molar-refractivity contribution < 1.29 is 0 Å². The van der Waals surface area contributed by atoms with E-state index in [1.54, 1.807) is 40.9 Å². The van der Waals surface area contributed by atoms with Gasteiger partial charge in [-0.15, -0.1) is 10.2 Å². The maximum Gasteiger partial charge on any atom is 0.174 e. The summed E-state index contributed by atoms with van der Waals surface area (Å²) in [6.45, 7) is 0. The summed E-state index contributed by atoms with van der Waals surface area (Å²) in [6.07, 6.45) is 1.78. The van der Waals surface area contributed by atoms with E-state index in [1.165, 1.54) is 0 Å². The number of pyridine rings is 1. The van der Waals surface area contributed by atoms with Crippen molar-refractivity contribution in [3.63, 3.8) is 0 Å². The predicted octanol–water partition coefficient (Wildman–Crippen LogP) is 1.81. The number of anilines is 1. The first-order valence-electron chi connectivity index (χ1n) is 3.94. The third kappa shape index (κ3) is 2.43. The van der Waals surface area contributed by atoms with Crippen LogP contribution < -0.4 is 5.73 Å². The Morgan fingerprint density at radius 1 is 1.43 bits per heavy atom.